The number of aliphatic carboxylic acids is 1. The van der Waals surface area contributed by atoms with E-state index >= 15 is 0 Å². The van der Waals surface area contributed by atoms with Crippen molar-refractivity contribution < 1.29 is 28.2 Å². The fourth-order valence-electron chi connectivity index (χ4n) is 2.82. The molecule has 0 spiro atoms. The first kappa shape index (κ1) is 17.3. The fourth-order valence-corrected chi connectivity index (χ4v) is 2.82. The van der Waals surface area contributed by atoms with E-state index in [1.54, 1.807) is 0 Å². The molecular weight excluding hydrogens is 308 g/mol. The van der Waals surface area contributed by atoms with Crippen LogP contribution in [0.1, 0.15) is 31.2 Å². The van der Waals surface area contributed by atoms with Gasteiger partial charge in [0.2, 0.25) is 5.91 Å². The smallest absolute Gasteiger partial charge is 0.326 e. The number of rotatable bonds is 7. The molecule has 2 rings (SSSR count). The number of benzene rings is 1. The van der Waals surface area contributed by atoms with E-state index in [2.05, 4.69) is 5.32 Å². The SMILES string of the molecule is COCCC(NC(=O)C1(c2ccc(F)cc2F)CCC1)C(=O)O. The Bertz CT molecular complexity index is 602. The molecule has 0 bridgehead atoms. The van der Waals surface area contributed by atoms with Gasteiger partial charge in [0.15, 0.2) is 0 Å². The standard InChI is InChI=1S/C16H19F2NO4/c1-23-8-5-13(14(20)21)19-15(22)16(6-2-7-16)11-4-3-10(17)9-12(11)18/h3-4,9,13H,2,5-8H2,1H3,(H,19,22)(H,20,21). The van der Waals surface area contributed by atoms with Crippen LogP contribution in [-0.2, 0) is 19.7 Å². The Kier molecular flexibility index (Phi) is 5.30. The molecule has 0 radical (unpaired) electrons. The van der Waals surface area contributed by atoms with Gasteiger partial charge in [-0.25, -0.2) is 13.6 Å². The van der Waals surface area contributed by atoms with Gasteiger partial charge >= 0.3 is 5.97 Å². The van der Waals surface area contributed by atoms with Crippen LogP contribution < -0.4 is 5.32 Å². The largest absolute Gasteiger partial charge is 0.480 e. The van der Waals surface area contributed by atoms with Crippen LogP contribution >= 0.6 is 0 Å². The van der Waals surface area contributed by atoms with Crippen LogP contribution in [0.15, 0.2) is 18.2 Å². The minimum Gasteiger partial charge on any atom is -0.480 e. The molecule has 1 aromatic rings. The molecule has 5 nitrogen and oxygen atoms in total. The van der Waals surface area contributed by atoms with Crippen molar-refractivity contribution in [3.63, 3.8) is 0 Å². The maximum absolute atomic E-state index is 14.1. The van der Waals surface area contributed by atoms with Crippen molar-refractivity contribution in [2.24, 2.45) is 0 Å². The molecule has 1 aliphatic rings. The first-order chi connectivity index (χ1) is 10.9. The Labute approximate surface area is 132 Å². The minimum atomic E-state index is -1.18. The number of hydrogen-bond acceptors (Lipinski definition) is 3. The van der Waals surface area contributed by atoms with Gasteiger partial charge in [-0.3, -0.25) is 4.79 Å². The van der Waals surface area contributed by atoms with E-state index in [1.807, 2.05) is 0 Å². The Morgan fingerprint density at radius 1 is 1.39 bits per heavy atom. The van der Waals surface area contributed by atoms with Crippen LogP contribution in [0, 0.1) is 11.6 Å². The first-order valence-electron chi connectivity index (χ1n) is 7.39. The molecule has 1 atom stereocenters. The van der Waals surface area contributed by atoms with Crippen molar-refractivity contribution in [1.82, 2.24) is 5.32 Å². The van der Waals surface area contributed by atoms with Crippen LogP contribution in [0.3, 0.4) is 0 Å². The number of carbonyl (C=O) groups excluding carboxylic acids is 1. The predicted molar refractivity (Wildman–Crippen MR) is 77.9 cm³/mol. The Morgan fingerprint density at radius 2 is 2.09 bits per heavy atom. The average molecular weight is 327 g/mol. The molecule has 1 aromatic carbocycles. The highest BCUT2D eigenvalue weighted by Gasteiger charge is 2.48. The molecule has 0 aliphatic heterocycles. The minimum absolute atomic E-state index is 0.110. The van der Waals surface area contributed by atoms with Crippen molar-refractivity contribution in [1.29, 1.82) is 0 Å². The molecule has 0 aromatic heterocycles. The summed E-state index contributed by atoms with van der Waals surface area (Å²) >= 11 is 0. The number of halogens is 2. The zero-order valence-electron chi connectivity index (χ0n) is 12.8. The van der Waals surface area contributed by atoms with E-state index in [-0.39, 0.29) is 18.6 Å². The normalized spacial score (nSPS) is 17.2. The number of hydrogen-bond donors (Lipinski definition) is 2. The lowest BCUT2D eigenvalue weighted by Gasteiger charge is -2.41. The second-order valence-corrected chi connectivity index (χ2v) is 5.71. The lowest BCUT2D eigenvalue weighted by Crippen LogP contribution is -2.54. The van der Waals surface area contributed by atoms with E-state index < -0.39 is 35.0 Å². The second-order valence-electron chi connectivity index (χ2n) is 5.71. The molecule has 1 fully saturated rings. The molecule has 126 valence electrons. The summed E-state index contributed by atoms with van der Waals surface area (Å²) < 4.78 is 32.0. The van der Waals surface area contributed by atoms with Gasteiger partial charge in [0.25, 0.3) is 0 Å². The monoisotopic (exact) mass is 327 g/mol. The summed E-state index contributed by atoms with van der Waals surface area (Å²) in [6.45, 7) is 0.176. The average Bonchev–Trinajstić information content (AvgIpc) is 2.44. The fraction of sp³-hybridized carbons (Fsp3) is 0.500. The molecule has 2 N–H and O–H groups in total. The van der Waals surface area contributed by atoms with Crippen LogP contribution in [0.5, 0.6) is 0 Å². The highest BCUT2D eigenvalue weighted by atomic mass is 19.1. The van der Waals surface area contributed by atoms with E-state index in [0.717, 1.165) is 18.6 Å². The van der Waals surface area contributed by atoms with Gasteiger partial charge < -0.3 is 15.2 Å². The Morgan fingerprint density at radius 3 is 2.57 bits per heavy atom. The molecule has 7 heteroatoms. The molecular formula is C16H19F2NO4. The van der Waals surface area contributed by atoms with Crippen molar-refractivity contribution in [3.05, 3.63) is 35.4 Å². The third-order valence-corrected chi connectivity index (χ3v) is 4.30. The Balaban J connectivity index is 2.22. The van der Waals surface area contributed by atoms with Crippen molar-refractivity contribution in [3.8, 4) is 0 Å². The summed E-state index contributed by atoms with van der Waals surface area (Å²) in [6.07, 6.45) is 1.63. The first-order valence-corrected chi connectivity index (χ1v) is 7.39. The maximum Gasteiger partial charge on any atom is 0.326 e. The van der Waals surface area contributed by atoms with Crippen LogP contribution in [0.25, 0.3) is 0 Å². The highest BCUT2D eigenvalue weighted by Crippen LogP contribution is 2.45. The molecule has 23 heavy (non-hydrogen) atoms. The number of nitrogens with one attached hydrogen (secondary N) is 1. The van der Waals surface area contributed by atoms with Gasteiger partial charge in [0, 0.05) is 31.8 Å². The quantitative estimate of drug-likeness (QED) is 0.803. The molecule has 1 amide bonds. The van der Waals surface area contributed by atoms with Gasteiger partial charge in [-0.15, -0.1) is 0 Å². The predicted octanol–water partition coefficient (Wildman–Crippen LogP) is 1.99. The van der Waals surface area contributed by atoms with Gasteiger partial charge in [0.05, 0.1) is 5.41 Å². The summed E-state index contributed by atoms with van der Waals surface area (Å²) in [5.74, 6) is -3.23. The third kappa shape index (κ3) is 3.50. The molecule has 1 saturated carbocycles. The van der Waals surface area contributed by atoms with Crippen molar-refractivity contribution >= 4 is 11.9 Å². The lowest BCUT2D eigenvalue weighted by molar-refractivity contribution is -0.144. The third-order valence-electron chi connectivity index (χ3n) is 4.30. The summed E-state index contributed by atoms with van der Waals surface area (Å²) in [6, 6.07) is 1.99. The van der Waals surface area contributed by atoms with Crippen molar-refractivity contribution in [2.75, 3.05) is 13.7 Å². The highest BCUT2D eigenvalue weighted by molar-refractivity contribution is 5.92. The number of amides is 1. The molecule has 0 saturated heterocycles. The number of methoxy groups -OCH3 is 1. The zero-order valence-corrected chi connectivity index (χ0v) is 12.8. The summed E-state index contributed by atoms with van der Waals surface area (Å²) in [5.41, 5.74) is -1.02. The number of carboxylic acids is 1. The lowest BCUT2D eigenvalue weighted by atomic mass is 9.63. The van der Waals surface area contributed by atoms with Gasteiger partial charge in [-0.2, -0.15) is 0 Å². The number of ether oxygens (including phenoxy) is 1. The Hall–Kier alpha value is -2.02. The maximum atomic E-state index is 14.1. The van der Waals surface area contributed by atoms with E-state index in [9.17, 15) is 23.5 Å². The number of carbonyl (C=O) groups is 2. The van der Waals surface area contributed by atoms with E-state index in [4.69, 9.17) is 4.74 Å². The summed E-state index contributed by atoms with van der Waals surface area (Å²) in [4.78, 5) is 23.8. The summed E-state index contributed by atoms with van der Waals surface area (Å²) in [5, 5.41) is 11.6. The van der Waals surface area contributed by atoms with Crippen molar-refractivity contribution in [2.45, 2.75) is 37.1 Å². The van der Waals surface area contributed by atoms with Crippen LogP contribution in [0.2, 0.25) is 0 Å². The zero-order chi connectivity index (χ0) is 17.0. The topological polar surface area (TPSA) is 75.6 Å². The van der Waals surface area contributed by atoms with Crippen LogP contribution in [0.4, 0.5) is 8.78 Å². The second kappa shape index (κ2) is 7.04. The van der Waals surface area contributed by atoms with Gasteiger partial charge in [-0.1, -0.05) is 12.5 Å². The van der Waals surface area contributed by atoms with Crippen LogP contribution in [-0.4, -0.2) is 36.7 Å². The molecule has 0 heterocycles. The summed E-state index contributed by atoms with van der Waals surface area (Å²) in [7, 11) is 1.43. The van der Waals surface area contributed by atoms with Gasteiger partial charge in [0.1, 0.15) is 17.7 Å². The number of carboxylic acid groups (broad SMARTS) is 1. The molecule has 1 unspecified atom stereocenters. The van der Waals surface area contributed by atoms with Gasteiger partial charge in [-0.05, 0) is 18.9 Å². The van der Waals surface area contributed by atoms with E-state index in [1.165, 1.54) is 13.2 Å². The van der Waals surface area contributed by atoms with E-state index in [0.29, 0.717) is 12.8 Å². The molecule has 1 aliphatic carbocycles.